The molecule has 0 bridgehead atoms. The number of hydrogen-bond acceptors (Lipinski definition) is 2. The van der Waals surface area contributed by atoms with E-state index in [4.69, 9.17) is 34.8 Å². The maximum atomic E-state index is 6.20. The monoisotopic (exact) mass is 292 g/mol. The molecule has 1 aliphatic rings. The van der Waals surface area contributed by atoms with Gasteiger partial charge in [0, 0.05) is 12.6 Å². The lowest BCUT2D eigenvalue weighted by molar-refractivity contribution is 0.603. The Hall–Kier alpha value is -0.180. The topological polar surface area (TPSA) is 16.1 Å². The Morgan fingerprint density at radius 1 is 1.29 bits per heavy atom. The van der Waals surface area contributed by atoms with Gasteiger partial charge in [0.15, 0.2) is 0 Å². The number of rotatable bonds is 4. The molecule has 2 rings (SSSR count). The lowest BCUT2D eigenvalue weighted by atomic mass is 10.2. The zero-order chi connectivity index (χ0) is 12.6. The molecule has 0 aromatic carbocycles. The van der Waals surface area contributed by atoms with E-state index in [-0.39, 0.29) is 0 Å². The fourth-order valence-electron chi connectivity index (χ4n) is 1.82. The van der Waals surface area contributed by atoms with Gasteiger partial charge in [-0.15, -0.1) is 0 Å². The van der Waals surface area contributed by atoms with Crippen molar-refractivity contribution < 1.29 is 0 Å². The van der Waals surface area contributed by atoms with E-state index >= 15 is 0 Å². The first-order valence-electron chi connectivity index (χ1n) is 5.77. The summed E-state index contributed by atoms with van der Waals surface area (Å²) in [6, 6.07) is 2.23. The maximum absolute atomic E-state index is 6.20. The number of nitrogens with zero attached hydrogens (tertiary/aromatic N) is 2. The zero-order valence-electron chi connectivity index (χ0n) is 9.88. The predicted octanol–water partition coefficient (Wildman–Crippen LogP) is 4.67. The van der Waals surface area contributed by atoms with Crippen molar-refractivity contribution in [1.29, 1.82) is 0 Å². The van der Waals surface area contributed by atoms with Gasteiger partial charge in [-0.05, 0) is 24.8 Å². The van der Waals surface area contributed by atoms with Crippen LogP contribution in [0.2, 0.25) is 15.2 Å². The molecule has 1 aromatic rings. The van der Waals surface area contributed by atoms with Gasteiger partial charge in [0.2, 0.25) is 0 Å². The van der Waals surface area contributed by atoms with Crippen molar-refractivity contribution in [3.05, 3.63) is 21.3 Å². The number of halogens is 3. The Morgan fingerprint density at radius 2 is 1.94 bits per heavy atom. The Morgan fingerprint density at radius 3 is 2.47 bits per heavy atom. The second-order valence-corrected chi connectivity index (χ2v) is 6.02. The zero-order valence-corrected chi connectivity index (χ0v) is 12.1. The van der Waals surface area contributed by atoms with E-state index < -0.39 is 0 Å². The standard InChI is InChI=1S/C12H15Cl3N2/c1-7(2)6-17(8-3-4-8)12-10(14)5-9(13)11(15)16-12/h5,7-8H,3-4,6H2,1-2H3. The minimum absolute atomic E-state index is 0.320. The van der Waals surface area contributed by atoms with E-state index in [1.54, 1.807) is 6.07 Å². The first kappa shape index (κ1) is 13.3. The fraction of sp³-hybridized carbons (Fsp3) is 0.583. The summed E-state index contributed by atoms with van der Waals surface area (Å²) in [4.78, 5) is 6.56. The molecule has 0 spiro atoms. The molecule has 1 fully saturated rings. The first-order valence-corrected chi connectivity index (χ1v) is 6.90. The van der Waals surface area contributed by atoms with Crippen LogP contribution >= 0.6 is 34.8 Å². The molecule has 0 radical (unpaired) electrons. The summed E-state index contributed by atoms with van der Waals surface area (Å²) < 4.78 is 0. The number of pyridine rings is 1. The van der Waals surface area contributed by atoms with Crippen molar-refractivity contribution in [1.82, 2.24) is 4.98 Å². The Balaban J connectivity index is 2.31. The average Bonchev–Trinajstić information content (AvgIpc) is 3.04. The van der Waals surface area contributed by atoms with Gasteiger partial charge in [0.05, 0.1) is 10.0 Å². The fourth-order valence-corrected chi connectivity index (χ4v) is 2.43. The highest BCUT2D eigenvalue weighted by molar-refractivity contribution is 6.42. The van der Waals surface area contributed by atoms with Crippen molar-refractivity contribution >= 4 is 40.6 Å². The van der Waals surface area contributed by atoms with Gasteiger partial charge in [-0.25, -0.2) is 4.98 Å². The lowest BCUT2D eigenvalue weighted by Gasteiger charge is -2.26. The van der Waals surface area contributed by atoms with Crippen molar-refractivity contribution in [2.24, 2.45) is 5.92 Å². The Labute approximate surface area is 117 Å². The molecule has 2 nitrogen and oxygen atoms in total. The van der Waals surface area contributed by atoms with E-state index in [1.165, 1.54) is 12.8 Å². The molecular weight excluding hydrogens is 279 g/mol. The van der Waals surface area contributed by atoms with Crippen molar-refractivity contribution in [3.8, 4) is 0 Å². The van der Waals surface area contributed by atoms with Crippen molar-refractivity contribution in [3.63, 3.8) is 0 Å². The third kappa shape index (κ3) is 3.18. The molecule has 0 amide bonds. The molecule has 1 aromatic heterocycles. The van der Waals surface area contributed by atoms with Gasteiger partial charge in [-0.2, -0.15) is 0 Å². The van der Waals surface area contributed by atoms with Crippen LogP contribution in [0.4, 0.5) is 5.82 Å². The van der Waals surface area contributed by atoms with Gasteiger partial charge >= 0.3 is 0 Å². The smallest absolute Gasteiger partial charge is 0.150 e. The molecule has 0 atom stereocenters. The van der Waals surface area contributed by atoms with Crippen molar-refractivity contribution in [2.45, 2.75) is 32.7 Å². The van der Waals surface area contributed by atoms with Crippen LogP contribution in [0.25, 0.3) is 0 Å². The first-order chi connectivity index (χ1) is 7.99. The SMILES string of the molecule is CC(C)CN(c1nc(Cl)c(Cl)cc1Cl)C1CC1. The number of aromatic nitrogens is 1. The quantitative estimate of drug-likeness (QED) is 0.750. The van der Waals surface area contributed by atoms with Gasteiger partial charge in [-0.1, -0.05) is 48.7 Å². The number of hydrogen-bond donors (Lipinski definition) is 0. The summed E-state index contributed by atoms with van der Waals surface area (Å²) in [6.45, 7) is 5.30. The third-order valence-corrected chi connectivity index (χ3v) is 3.64. The Kier molecular flexibility index (Phi) is 4.06. The summed E-state index contributed by atoms with van der Waals surface area (Å²) in [5.41, 5.74) is 0. The third-order valence-electron chi connectivity index (χ3n) is 2.69. The van der Waals surface area contributed by atoms with Gasteiger partial charge in [-0.3, -0.25) is 0 Å². The van der Waals surface area contributed by atoms with Crippen molar-refractivity contribution in [2.75, 3.05) is 11.4 Å². The second kappa shape index (κ2) is 5.21. The summed E-state index contributed by atoms with van der Waals surface area (Å²) >= 11 is 18.1. The molecule has 0 saturated heterocycles. The highest BCUT2D eigenvalue weighted by Gasteiger charge is 2.31. The van der Waals surface area contributed by atoms with E-state index in [1.807, 2.05) is 0 Å². The molecule has 5 heteroatoms. The molecule has 0 unspecified atom stereocenters. The lowest BCUT2D eigenvalue weighted by Crippen LogP contribution is -2.30. The van der Waals surface area contributed by atoms with Gasteiger partial charge in [0.25, 0.3) is 0 Å². The van der Waals surface area contributed by atoms with Crippen LogP contribution in [0.5, 0.6) is 0 Å². The molecule has 1 heterocycles. The minimum atomic E-state index is 0.320. The van der Waals surface area contributed by atoms with E-state index in [2.05, 4.69) is 23.7 Å². The van der Waals surface area contributed by atoms with E-state index in [9.17, 15) is 0 Å². The Bertz CT molecular complexity index is 416. The molecule has 94 valence electrons. The predicted molar refractivity (Wildman–Crippen MR) is 74.5 cm³/mol. The van der Waals surface area contributed by atoms with Crippen LogP contribution in [-0.4, -0.2) is 17.6 Å². The van der Waals surface area contributed by atoms with Crippen LogP contribution in [0.1, 0.15) is 26.7 Å². The molecule has 0 N–H and O–H groups in total. The molecule has 17 heavy (non-hydrogen) atoms. The highest BCUT2D eigenvalue weighted by Crippen LogP contribution is 2.37. The molecule has 1 aliphatic carbocycles. The average molecular weight is 294 g/mol. The molecule has 1 saturated carbocycles. The maximum Gasteiger partial charge on any atom is 0.150 e. The van der Waals surface area contributed by atoms with Crippen LogP contribution < -0.4 is 4.90 Å². The summed E-state index contributed by atoms with van der Waals surface area (Å²) in [5, 5.41) is 1.30. The minimum Gasteiger partial charge on any atom is -0.352 e. The van der Waals surface area contributed by atoms with Crippen LogP contribution in [0.3, 0.4) is 0 Å². The summed E-state index contributed by atoms with van der Waals surface area (Å²) in [7, 11) is 0. The molecular formula is C12H15Cl3N2. The van der Waals surface area contributed by atoms with Gasteiger partial charge < -0.3 is 4.90 Å². The van der Waals surface area contributed by atoms with Crippen LogP contribution in [0.15, 0.2) is 6.07 Å². The highest BCUT2D eigenvalue weighted by atomic mass is 35.5. The van der Waals surface area contributed by atoms with E-state index in [0.29, 0.717) is 27.2 Å². The summed E-state index contributed by atoms with van der Waals surface area (Å²) in [5.74, 6) is 1.32. The largest absolute Gasteiger partial charge is 0.352 e. The summed E-state index contributed by atoms with van der Waals surface area (Å²) in [6.07, 6.45) is 2.40. The normalized spacial score (nSPS) is 15.4. The second-order valence-electron chi connectivity index (χ2n) is 4.84. The van der Waals surface area contributed by atoms with Crippen LogP contribution in [0, 0.1) is 5.92 Å². The van der Waals surface area contributed by atoms with E-state index in [0.717, 1.165) is 12.4 Å². The number of anilines is 1. The van der Waals surface area contributed by atoms with Crippen LogP contribution in [-0.2, 0) is 0 Å². The van der Waals surface area contributed by atoms with Gasteiger partial charge in [0.1, 0.15) is 11.0 Å². The molecule has 0 aliphatic heterocycles.